The zero-order valence-electron chi connectivity index (χ0n) is 28.3. The minimum Gasteiger partial charge on any atom is -0.347 e. The lowest BCUT2D eigenvalue weighted by atomic mass is 9.71. The van der Waals surface area contributed by atoms with E-state index in [2.05, 4.69) is 67.9 Å². The van der Waals surface area contributed by atoms with Gasteiger partial charge in [0.1, 0.15) is 10.3 Å². The first kappa shape index (κ1) is 32.7. The first-order valence-electron chi connectivity index (χ1n) is 17.2. The Kier molecular flexibility index (Phi) is 9.27. The van der Waals surface area contributed by atoms with Crippen molar-refractivity contribution >= 4 is 33.5 Å². The highest BCUT2D eigenvalue weighted by Crippen LogP contribution is 2.38. The van der Waals surface area contributed by atoms with Crippen LogP contribution < -0.4 is 10.6 Å². The van der Waals surface area contributed by atoms with Crippen molar-refractivity contribution in [3.05, 3.63) is 63.5 Å². The van der Waals surface area contributed by atoms with Crippen molar-refractivity contribution in [2.45, 2.75) is 77.3 Å². The van der Waals surface area contributed by atoms with Gasteiger partial charge in [0.15, 0.2) is 10.8 Å². The highest BCUT2D eigenvalue weighted by atomic mass is 32.1. The van der Waals surface area contributed by atoms with Crippen LogP contribution in [0.15, 0.2) is 30.3 Å². The molecule has 12 nitrogen and oxygen atoms in total. The number of pyridine rings is 1. The second-order valence-corrected chi connectivity index (χ2v) is 16.0. The maximum atomic E-state index is 13.9. The number of rotatable bonds is 9. The molecule has 4 aromatic rings. The number of H-pyrrole nitrogens is 1. The number of amides is 2. The summed E-state index contributed by atoms with van der Waals surface area (Å²) in [6, 6.07) is 9.69. The molecule has 48 heavy (non-hydrogen) atoms. The number of aromatic nitrogens is 6. The lowest BCUT2D eigenvalue weighted by Crippen LogP contribution is -2.57. The number of benzene rings is 1. The first-order chi connectivity index (χ1) is 23.1. The van der Waals surface area contributed by atoms with Gasteiger partial charge in [0.2, 0.25) is 0 Å². The Bertz CT molecular complexity index is 1750. The van der Waals surface area contributed by atoms with E-state index in [0.717, 1.165) is 92.3 Å². The number of hydrogen-bond donors (Lipinski definition) is 3. The molecule has 0 spiro atoms. The van der Waals surface area contributed by atoms with E-state index < -0.39 is 0 Å². The van der Waals surface area contributed by atoms with Gasteiger partial charge in [-0.15, -0.1) is 5.10 Å². The number of thiazole rings is 1. The highest BCUT2D eigenvalue weighted by Gasteiger charge is 2.31. The fourth-order valence-corrected chi connectivity index (χ4v) is 8.27. The highest BCUT2D eigenvalue weighted by molar-refractivity contribution is 7.19. The normalized spacial score (nSPS) is 20.3. The Morgan fingerprint density at radius 3 is 2.62 bits per heavy atom. The largest absolute Gasteiger partial charge is 0.347 e. The van der Waals surface area contributed by atoms with Gasteiger partial charge in [0, 0.05) is 36.8 Å². The molecular weight excluding hydrogens is 625 g/mol. The summed E-state index contributed by atoms with van der Waals surface area (Å²) in [5.74, 6) is 1.49. The molecule has 2 fully saturated rings. The molecule has 3 aromatic heterocycles. The van der Waals surface area contributed by atoms with Gasteiger partial charge in [-0.25, -0.2) is 15.1 Å². The lowest BCUT2D eigenvalue weighted by molar-refractivity contribution is 0.0857. The summed E-state index contributed by atoms with van der Waals surface area (Å²) in [7, 11) is 2.04. The number of fused-ring (bicyclic) bond motifs is 2. The van der Waals surface area contributed by atoms with Crippen LogP contribution in [0.2, 0.25) is 0 Å². The van der Waals surface area contributed by atoms with Gasteiger partial charge in [-0.05, 0) is 110 Å². The number of nitrogens with one attached hydrogen (secondary N) is 3. The number of hydrogen-bond acceptors (Lipinski definition) is 10. The fraction of sp³-hybridized carbons (Fsp3) is 0.571. The van der Waals surface area contributed by atoms with Crippen molar-refractivity contribution in [2.75, 3.05) is 39.8 Å². The maximum absolute atomic E-state index is 13.9. The summed E-state index contributed by atoms with van der Waals surface area (Å²) >= 11 is 1.36. The van der Waals surface area contributed by atoms with Crippen molar-refractivity contribution in [1.29, 1.82) is 0 Å². The number of likely N-dealkylation sites (tertiary alicyclic amines) is 2. The summed E-state index contributed by atoms with van der Waals surface area (Å²) in [6.07, 6.45) is 5.73. The van der Waals surface area contributed by atoms with Crippen molar-refractivity contribution < 1.29 is 9.59 Å². The molecule has 1 aromatic carbocycles. The predicted molar refractivity (Wildman–Crippen MR) is 185 cm³/mol. The Morgan fingerprint density at radius 2 is 1.90 bits per heavy atom. The topological polar surface area (TPSA) is 145 Å². The van der Waals surface area contributed by atoms with Gasteiger partial charge in [-0.1, -0.05) is 44.2 Å². The molecule has 0 saturated carbocycles. The van der Waals surface area contributed by atoms with E-state index in [4.69, 9.17) is 9.97 Å². The lowest BCUT2D eigenvalue weighted by Gasteiger charge is -2.36. The molecule has 0 unspecified atom stereocenters. The predicted octanol–water partition coefficient (Wildman–Crippen LogP) is 4.14. The SMILES string of the molecule is CN1CC(NC(=O)c2cccc([C@@H](CCN3CCC(c4nnn[nH]4)CC3)NC(=O)c3nc4cc5c(nc4s3)CC[C@H](C(C)(C)C)C5)c2)C1. The smallest absolute Gasteiger partial charge is 0.280 e. The van der Waals surface area contributed by atoms with Crippen molar-refractivity contribution in [2.24, 2.45) is 11.3 Å². The van der Waals surface area contributed by atoms with E-state index in [1.54, 1.807) is 0 Å². The number of aromatic amines is 1. The number of nitrogens with zero attached hydrogens (tertiary/aromatic N) is 7. The van der Waals surface area contributed by atoms with Crippen LogP contribution in [0, 0.1) is 11.3 Å². The van der Waals surface area contributed by atoms with E-state index in [9.17, 15) is 9.59 Å². The monoisotopic (exact) mass is 670 g/mol. The number of carbonyl (C=O) groups is 2. The minimum absolute atomic E-state index is 0.0843. The second kappa shape index (κ2) is 13.6. The van der Waals surface area contributed by atoms with Crippen molar-refractivity contribution in [3.63, 3.8) is 0 Å². The number of piperidine rings is 1. The summed E-state index contributed by atoms with van der Waals surface area (Å²) in [4.78, 5) is 42.2. The molecule has 0 radical (unpaired) electrons. The molecule has 2 aliphatic heterocycles. The van der Waals surface area contributed by atoms with Crippen molar-refractivity contribution in [1.82, 2.24) is 51.0 Å². The molecule has 3 aliphatic rings. The number of tetrazole rings is 1. The number of aryl methyl sites for hydroxylation is 1. The standard InChI is InChI=1S/C35H46N10O2S/c1-35(2,3)25-8-9-27-24(17-25)18-29-33(38-27)48-34(39-29)32(47)37-28(12-15-45-13-10-21(11-14-45)30-40-42-43-41-30)22-6-5-7-23(16-22)31(46)36-26-19-44(4)20-26/h5-7,16,18,21,25-26,28H,8-15,17,19-20H2,1-4H3,(H,36,46)(H,37,47)(H,40,41,42,43)/t25-,28+/m0/s1. The third-order valence-corrected chi connectivity index (χ3v) is 11.5. The molecule has 5 heterocycles. The number of likely N-dealkylation sites (N-methyl/N-ethyl adjacent to an activating group) is 1. The molecule has 1 aliphatic carbocycles. The molecule has 2 saturated heterocycles. The molecular formula is C35H46N10O2S. The van der Waals surface area contributed by atoms with Crippen LogP contribution in [0.3, 0.4) is 0 Å². The summed E-state index contributed by atoms with van der Waals surface area (Å²) in [5.41, 5.74) is 4.95. The first-order valence-corrected chi connectivity index (χ1v) is 18.1. The fourth-order valence-electron chi connectivity index (χ4n) is 7.43. The number of carbonyl (C=O) groups excluding carboxylic acids is 2. The average Bonchev–Trinajstić information content (AvgIpc) is 3.75. The molecule has 254 valence electrons. The van der Waals surface area contributed by atoms with Gasteiger partial charge in [0.05, 0.1) is 12.1 Å². The molecule has 13 heteroatoms. The van der Waals surface area contributed by atoms with E-state index >= 15 is 0 Å². The quantitative estimate of drug-likeness (QED) is 0.239. The van der Waals surface area contributed by atoms with Gasteiger partial charge >= 0.3 is 0 Å². The zero-order valence-corrected chi connectivity index (χ0v) is 29.1. The minimum atomic E-state index is -0.294. The maximum Gasteiger partial charge on any atom is 0.280 e. The Hall–Kier alpha value is -3.81. The molecule has 2 atom stereocenters. The average molecular weight is 671 g/mol. The van der Waals surface area contributed by atoms with Crippen LogP contribution in [0.4, 0.5) is 0 Å². The van der Waals surface area contributed by atoms with Gasteiger partial charge in [0.25, 0.3) is 11.8 Å². The molecule has 0 bridgehead atoms. The van der Waals surface area contributed by atoms with E-state index in [-0.39, 0.29) is 29.3 Å². The third-order valence-electron chi connectivity index (χ3n) is 10.5. The molecule has 2 amide bonds. The zero-order chi connectivity index (χ0) is 33.4. The van der Waals surface area contributed by atoms with Crippen LogP contribution in [0.5, 0.6) is 0 Å². The van der Waals surface area contributed by atoms with Crippen LogP contribution in [-0.2, 0) is 12.8 Å². The van der Waals surface area contributed by atoms with E-state index in [1.807, 2.05) is 31.3 Å². The van der Waals surface area contributed by atoms with Crippen LogP contribution in [-0.4, -0.2) is 98.0 Å². The van der Waals surface area contributed by atoms with E-state index in [1.165, 1.54) is 16.9 Å². The van der Waals surface area contributed by atoms with Gasteiger partial charge in [-0.3, -0.25) is 9.59 Å². The summed E-state index contributed by atoms with van der Waals surface area (Å²) in [6.45, 7) is 11.3. The van der Waals surface area contributed by atoms with Crippen LogP contribution in [0.25, 0.3) is 10.3 Å². The molecule has 7 rings (SSSR count). The van der Waals surface area contributed by atoms with Crippen molar-refractivity contribution in [3.8, 4) is 0 Å². The van der Waals surface area contributed by atoms with Gasteiger partial charge < -0.3 is 20.4 Å². The molecule has 3 N–H and O–H groups in total. The van der Waals surface area contributed by atoms with Crippen LogP contribution in [0.1, 0.15) is 101 Å². The Balaban J connectivity index is 1.07. The van der Waals surface area contributed by atoms with Gasteiger partial charge in [-0.2, -0.15) is 0 Å². The van der Waals surface area contributed by atoms with E-state index in [0.29, 0.717) is 28.8 Å². The van der Waals surface area contributed by atoms with Crippen LogP contribution >= 0.6 is 11.3 Å². The Labute approximate surface area is 285 Å². The summed E-state index contributed by atoms with van der Waals surface area (Å²) < 4.78 is 0. The third kappa shape index (κ3) is 7.28. The second-order valence-electron chi connectivity index (χ2n) is 15.0. The summed E-state index contributed by atoms with van der Waals surface area (Å²) in [5, 5.41) is 21.4. The Morgan fingerprint density at radius 1 is 1.08 bits per heavy atom.